The van der Waals surface area contributed by atoms with Gasteiger partial charge in [0.25, 0.3) is 0 Å². The summed E-state index contributed by atoms with van der Waals surface area (Å²) in [6.45, 7) is 6.36. The molecule has 1 aliphatic carbocycles. The predicted molar refractivity (Wildman–Crippen MR) is 75.6 cm³/mol. The van der Waals surface area contributed by atoms with Gasteiger partial charge in [0.1, 0.15) is 0 Å². The Kier molecular flexibility index (Phi) is 4.79. The quantitative estimate of drug-likeness (QED) is 0.857. The molecule has 0 spiro atoms. The maximum atomic E-state index is 9.47. The van der Waals surface area contributed by atoms with Crippen LogP contribution in [0.1, 0.15) is 42.4 Å². The Hall–Kier alpha value is -0.860. The molecule has 0 atom stereocenters. The average Bonchev–Trinajstić information content (AvgIpc) is 2.36. The van der Waals surface area contributed by atoms with Crippen LogP contribution in [0.2, 0.25) is 0 Å². The van der Waals surface area contributed by atoms with Crippen LogP contribution in [0.25, 0.3) is 0 Å². The topological polar surface area (TPSA) is 32.3 Å². The highest BCUT2D eigenvalue weighted by Gasteiger charge is 2.18. The Bertz CT molecular complexity index is 381. The summed E-state index contributed by atoms with van der Waals surface area (Å²) in [4.78, 5) is 0. The molecule has 1 saturated carbocycles. The number of aryl methyl sites for hydroxylation is 2. The van der Waals surface area contributed by atoms with Crippen molar-refractivity contribution < 1.29 is 5.11 Å². The van der Waals surface area contributed by atoms with Gasteiger partial charge in [-0.3, -0.25) is 0 Å². The summed E-state index contributed by atoms with van der Waals surface area (Å²) in [6.07, 6.45) is 4.26. The van der Waals surface area contributed by atoms with Crippen molar-refractivity contribution in [3.05, 3.63) is 34.9 Å². The molecule has 100 valence electrons. The molecule has 2 nitrogen and oxygen atoms in total. The summed E-state index contributed by atoms with van der Waals surface area (Å²) >= 11 is 0. The van der Waals surface area contributed by atoms with E-state index in [4.69, 9.17) is 0 Å². The van der Waals surface area contributed by atoms with E-state index >= 15 is 0 Å². The fourth-order valence-corrected chi connectivity index (χ4v) is 2.68. The normalized spacial score (nSPS) is 24.2. The molecule has 1 aliphatic rings. The van der Waals surface area contributed by atoms with E-state index in [2.05, 4.69) is 37.4 Å². The summed E-state index contributed by atoms with van der Waals surface area (Å²) in [5, 5.41) is 13.0. The number of aliphatic hydroxyl groups excluding tert-OH is 1. The number of hydrogen-bond acceptors (Lipinski definition) is 2. The molecular formula is C16H25NO. The Morgan fingerprint density at radius 3 is 2.50 bits per heavy atom. The molecule has 1 aromatic rings. The summed E-state index contributed by atoms with van der Waals surface area (Å²) in [6, 6.07) is 6.68. The van der Waals surface area contributed by atoms with Gasteiger partial charge < -0.3 is 10.4 Å². The lowest BCUT2D eigenvalue weighted by molar-refractivity contribution is 0.108. The van der Waals surface area contributed by atoms with Gasteiger partial charge in [-0.15, -0.1) is 0 Å². The molecule has 0 bridgehead atoms. The van der Waals surface area contributed by atoms with E-state index in [-0.39, 0.29) is 6.10 Å². The first-order valence-corrected chi connectivity index (χ1v) is 7.10. The van der Waals surface area contributed by atoms with Crippen LogP contribution in [0, 0.1) is 19.8 Å². The fourth-order valence-electron chi connectivity index (χ4n) is 2.68. The molecule has 2 N–H and O–H groups in total. The third-order valence-corrected chi connectivity index (χ3v) is 4.15. The van der Waals surface area contributed by atoms with Crippen molar-refractivity contribution in [3.63, 3.8) is 0 Å². The zero-order valence-corrected chi connectivity index (χ0v) is 11.6. The van der Waals surface area contributed by atoms with E-state index in [1.54, 1.807) is 0 Å². The van der Waals surface area contributed by atoms with Gasteiger partial charge in [0.05, 0.1) is 6.10 Å². The molecule has 0 heterocycles. The van der Waals surface area contributed by atoms with Gasteiger partial charge in [0, 0.05) is 6.54 Å². The van der Waals surface area contributed by atoms with Crippen LogP contribution < -0.4 is 5.32 Å². The molecule has 0 amide bonds. The van der Waals surface area contributed by atoms with E-state index in [9.17, 15) is 5.11 Å². The maximum Gasteiger partial charge on any atom is 0.0540 e. The molecular weight excluding hydrogens is 222 g/mol. The lowest BCUT2D eigenvalue weighted by Gasteiger charge is -2.25. The van der Waals surface area contributed by atoms with Crippen molar-refractivity contribution in [3.8, 4) is 0 Å². The van der Waals surface area contributed by atoms with Crippen LogP contribution in [-0.4, -0.2) is 17.8 Å². The minimum Gasteiger partial charge on any atom is -0.393 e. The van der Waals surface area contributed by atoms with Crippen molar-refractivity contribution in [2.24, 2.45) is 5.92 Å². The second-order valence-corrected chi connectivity index (χ2v) is 5.72. The van der Waals surface area contributed by atoms with E-state index in [1.807, 2.05) is 0 Å². The second-order valence-electron chi connectivity index (χ2n) is 5.72. The third kappa shape index (κ3) is 3.82. The zero-order chi connectivity index (χ0) is 13.0. The molecule has 2 heteroatoms. The van der Waals surface area contributed by atoms with Crippen molar-refractivity contribution in [1.82, 2.24) is 5.32 Å². The SMILES string of the molecule is Cc1ccc(CNCC2CCC(O)CC2)cc1C. The number of hydrogen-bond donors (Lipinski definition) is 2. The molecule has 0 radical (unpaired) electrons. The van der Waals surface area contributed by atoms with Crippen molar-refractivity contribution >= 4 is 0 Å². The lowest BCUT2D eigenvalue weighted by Crippen LogP contribution is -2.27. The smallest absolute Gasteiger partial charge is 0.0540 e. The highest BCUT2D eigenvalue weighted by atomic mass is 16.3. The Morgan fingerprint density at radius 1 is 1.11 bits per heavy atom. The molecule has 18 heavy (non-hydrogen) atoms. The first kappa shape index (κ1) is 13.6. The zero-order valence-electron chi connectivity index (χ0n) is 11.6. The Labute approximate surface area is 110 Å². The van der Waals surface area contributed by atoms with Crippen molar-refractivity contribution in [2.75, 3.05) is 6.54 Å². The van der Waals surface area contributed by atoms with Crippen LogP contribution in [0.5, 0.6) is 0 Å². The van der Waals surface area contributed by atoms with Crippen LogP contribution in [-0.2, 0) is 6.54 Å². The first-order chi connectivity index (χ1) is 8.65. The lowest BCUT2D eigenvalue weighted by atomic mass is 9.87. The number of rotatable bonds is 4. The Balaban J connectivity index is 1.73. The maximum absolute atomic E-state index is 9.47. The van der Waals surface area contributed by atoms with Gasteiger partial charge in [-0.05, 0) is 68.7 Å². The van der Waals surface area contributed by atoms with E-state index in [0.29, 0.717) is 0 Å². The van der Waals surface area contributed by atoms with Crippen LogP contribution in [0.4, 0.5) is 0 Å². The minimum atomic E-state index is -0.0407. The van der Waals surface area contributed by atoms with E-state index in [1.165, 1.54) is 29.5 Å². The monoisotopic (exact) mass is 247 g/mol. The van der Waals surface area contributed by atoms with Crippen LogP contribution in [0.3, 0.4) is 0 Å². The largest absolute Gasteiger partial charge is 0.393 e. The van der Waals surface area contributed by atoms with Gasteiger partial charge in [0.15, 0.2) is 0 Å². The molecule has 0 aromatic heterocycles. The molecule has 0 aliphatic heterocycles. The van der Waals surface area contributed by atoms with Crippen LogP contribution in [0.15, 0.2) is 18.2 Å². The highest BCUT2D eigenvalue weighted by molar-refractivity contribution is 5.29. The second kappa shape index (κ2) is 6.35. The van der Waals surface area contributed by atoms with Gasteiger partial charge >= 0.3 is 0 Å². The third-order valence-electron chi connectivity index (χ3n) is 4.15. The summed E-state index contributed by atoms with van der Waals surface area (Å²) < 4.78 is 0. The highest BCUT2D eigenvalue weighted by Crippen LogP contribution is 2.23. The fraction of sp³-hybridized carbons (Fsp3) is 0.625. The summed E-state index contributed by atoms with van der Waals surface area (Å²) in [5.41, 5.74) is 4.10. The molecule has 0 saturated heterocycles. The predicted octanol–water partition coefficient (Wildman–Crippen LogP) is 2.94. The molecule has 1 aromatic carbocycles. The summed E-state index contributed by atoms with van der Waals surface area (Å²) in [5.74, 6) is 0.750. The van der Waals surface area contributed by atoms with E-state index in [0.717, 1.165) is 31.8 Å². The molecule has 1 fully saturated rings. The standard InChI is InChI=1S/C16H25NO/c1-12-3-4-15(9-13(12)2)11-17-10-14-5-7-16(18)8-6-14/h3-4,9,14,16-18H,5-8,10-11H2,1-2H3. The number of benzene rings is 1. The van der Waals surface area contributed by atoms with Gasteiger partial charge in [-0.2, -0.15) is 0 Å². The first-order valence-electron chi connectivity index (χ1n) is 7.10. The van der Waals surface area contributed by atoms with Gasteiger partial charge in [0.2, 0.25) is 0 Å². The van der Waals surface area contributed by atoms with E-state index < -0.39 is 0 Å². The number of nitrogens with one attached hydrogen (secondary N) is 1. The van der Waals surface area contributed by atoms with Gasteiger partial charge in [-0.1, -0.05) is 18.2 Å². The van der Waals surface area contributed by atoms with Crippen LogP contribution >= 0.6 is 0 Å². The minimum absolute atomic E-state index is 0.0407. The number of aliphatic hydroxyl groups is 1. The molecule has 0 unspecified atom stereocenters. The Morgan fingerprint density at radius 2 is 1.83 bits per heavy atom. The van der Waals surface area contributed by atoms with Crippen molar-refractivity contribution in [1.29, 1.82) is 0 Å². The van der Waals surface area contributed by atoms with Crippen molar-refractivity contribution in [2.45, 2.75) is 52.2 Å². The average molecular weight is 247 g/mol. The van der Waals surface area contributed by atoms with Gasteiger partial charge in [-0.25, -0.2) is 0 Å². The molecule has 2 rings (SSSR count). The summed E-state index contributed by atoms with van der Waals surface area (Å²) in [7, 11) is 0.